The van der Waals surface area contributed by atoms with Crippen molar-refractivity contribution in [2.24, 2.45) is 0 Å². The number of carboxylic acid groups (broad SMARTS) is 1. The number of nitrogens with zero attached hydrogens (tertiary/aromatic N) is 2. The first-order chi connectivity index (χ1) is 14.5. The van der Waals surface area contributed by atoms with Crippen LogP contribution in [0.1, 0.15) is 96.8 Å². The quantitative estimate of drug-likeness (QED) is 0.158. The van der Waals surface area contributed by atoms with E-state index in [9.17, 15) is 9.59 Å². The van der Waals surface area contributed by atoms with Crippen LogP contribution >= 0.6 is 0 Å². The summed E-state index contributed by atoms with van der Waals surface area (Å²) < 4.78 is 0. The van der Waals surface area contributed by atoms with E-state index < -0.39 is 6.09 Å². The van der Waals surface area contributed by atoms with Crippen LogP contribution in [0.15, 0.2) is 12.2 Å². The fourth-order valence-corrected chi connectivity index (χ4v) is 3.36. The Hall–Kier alpha value is -0.560. The molecule has 2 amide bonds. The van der Waals surface area contributed by atoms with Gasteiger partial charge in [0.25, 0.3) is 0 Å². The molecule has 0 aliphatic rings. The number of amides is 2. The Morgan fingerprint density at radius 1 is 0.774 bits per heavy atom. The van der Waals surface area contributed by atoms with Gasteiger partial charge in [-0.05, 0) is 32.1 Å². The molecule has 0 fully saturated rings. The Balaban J connectivity index is 0. The molecule has 0 spiro atoms. The molecule has 0 aromatic heterocycles. The number of likely N-dealkylation sites (N-methyl/N-ethyl adjacent to an activating group) is 1. The Bertz CT molecular complexity index is 461. The summed E-state index contributed by atoms with van der Waals surface area (Å²) in [6, 6.07) is 0. The maximum absolute atomic E-state index is 12.1. The second kappa shape index (κ2) is 24.1. The van der Waals surface area contributed by atoms with Crippen molar-refractivity contribution < 1.29 is 19.8 Å². The number of rotatable bonds is 20. The van der Waals surface area contributed by atoms with Crippen LogP contribution in [0.5, 0.6) is 0 Å². The molecule has 0 atom stereocenters. The fourth-order valence-electron chi connectivity index (χ4n) is 3.36. The molecule has 0 saturated heterocycles. The SMILES string of the molecule is CCCCCCCC/C=C\CCCCCCCC(=O)N(C)CCN(CCO)C(=O)O.[NaH]. The summed E-state index contributed by atoms with van der Waals surface area (Å²) in [5.41, 5.74) is 0. The van der Waals surface area contributed by atoms with Crippen LogP contribution in [0.25, 0.3) is 0 Å². The van der Waals surface area contributed by atoms with Gasteiger partial charge >= 0.3 is 35.7 Å². The van der Waals surface area contributed by atoms with E-state index in [2.05, 4.69) is 19.1 Å². The third-order valence-corrected chi connectivity index (χ3v) is 5.42. The Morgan fingerprint density at radius 2 is 1.29 bits per heavy atom. The Kier molecular flexibility index (Phi) is 25.3. The van der Waals surface area contributed by atoms with E-state index in [1.807, 2.05) is 0 Å². The van der Waals surface area contributed by atoms with Crippen molar-refractivity contribution in [3.8, 4) is 0 Å². The number of hydrogen-bond acceptors (Lipinski definition) is 3. The van der Waals surface area contributed by atoms with Gasteiger partial charge in [0.05, 0.1) is 6.61 Å². The summed E-state index contributed by atoms with van der Waals surface area (Å²) in [6.07, 6.45) is 20.1. The summed E-state index contributed by atoms with van der Waals surface area (Å²) in [4.78, 5) is 25.8. The molecule has 6 nitrogen and oxygen atoms in total. The molecule has 0 unspecified atom stereocenters. The number of carbonyl (C=O) groups is 2. The minimum atomic E-state index is -1.07. The summed E-state index contributed by atoms with van der Waals surface area (Å²) >= 11 is 0. The predicted molar refractivity (Wildman–Crippen MR) is 131 cm³/mol. The van der Waals surface area contributed by atoms with Gasteiger partial charge in [-0.2, -0.15) is 0 Å². The van der Waals surface area contributed by atoms with Crippen molar-refractivity contribution in [2.45, 2.75) is 96.8 Å². The van der Waals surface area contributed by atoms with Gasteiger partial charge in [-0.25, -0.2) is 4.79 Å². The van der Waals surface area contributed by atoms with E-state index in [4.69, 9.17) is 10.2 Å². The van der Waals surface area contributed by atoms with E-state index in [0.29, 0.717) is 13.0 Å². The summed E-state index contributed by atoms with van der Waals surface area (Å²) in [5, 5.41) is 17.9. The first-order valence-electron chi connectivity index (χ1n) is 12.0. The van der Waals surface area contributed by atoms with Crippen LogP contribution in [0.4, 0.5) is 4.79 Å². The first kappa shape index (κ1) is 32.6. The van der Waals surface area contributed by atoms with Crippen molar-refractivity contribution >= 4 is 41.6 Å². The number of allylic oxidation sites excluding steroid dienone is 2. The average molecular weight is 451 g/mol. The van der Waals surface area contributed by atoms with Crippen LogP contribution in [-0.2, 0) is 4.79 Å². The summed E-state index contributed by atoms with van der Waals surface area (Å²) in [5.74, 6) is 0.0574. The number of hydrogen-bond donors (Lipinski definition) is 2. The molecule has 0 saturated carbocycles. The molecule has 31 heavy (non-hydrogen) atoms. The topological polar surface area (TPSA) is 81.1 Å². The molecule has 0 aromatic carbocycles. The molecule has 7 heteroatoms. The van der Waals surface area contributed by atoms with E-state index >= 15 is 0 Å². The molecule has 178 valence electrons. The van der Waals surface area contributed by atoms with E-state index in [1.165, 1.54) is 57.8 Å². The molecule has 0 aliphatic carbocycles. The molecule has 0 radical (unpaired) electrons. The van der Waals surface area contributed by atoms with Crippen LogP contribution in [0, 0.1) is 0 Å². The molecule has 0 bridgehead atoms. The first-order valence-corrected chi connectivity index (χ1v) is 12.0. The number of carbonyl (C=O) groups excluding carboxylic acids is 1. The average Bonchev–Trinajstić information content (AvgIpc) is 2.73. The van der Waals surface area contributed by atoms with Gasteiger partial charge in [0, 0.05) is 33.1 Å². The summed E-state index contributed by atoms with van der Waals surface area (Å²) in [7, 11) is 1.71. The molecule has 0 aliphatic heterocycles. The van der Waals surface area contributed by atoms with E-state index in [1.54, 1.807) is 11.9 Å². The maximum atomic E-state index is 12.1. The van der Waals surface area contributed by atoms with Crippen molar-refractivity contribution in [1.82, 2.24) is 9.80 Å². The number of unbranched alkanes of at least 4 members (excludes halogenated alkanes) is 11. The van der Waals surface area contributed by atoms with Gasteiger partial charge in [0.2, 0.25) is 5.91 Å². The Labute approximate surface area is 212 Å². The molecule has 0 aromatic rings. The zero-order valence-electron chi connectivity index (χ0n) is 19.5. The van der Waals surface area contributed by atoms with Crippen molar-refractivity contribution in [2.75, 3.05) is 33.3 Å². The molecule has 2 N–H and O–H groups in total. The zero-order valence-corrected chi connectivity index (χ0v) is 19.5. The minimum absolute atomic E-state index is 0. The van der Waals surface area contributed by atoms with Crippen LogP contribution in [0.2, 0.25) is 0 Å². The van der Waals surface area contributed by atoms with Crippen molar-refractivity contribution in [3.63, 3.8) is 0 Å². The molecule has 0 heterocycles. The van der Waals surface area contributed by atoms with E-state index in [0.717, 1.165) is 30.6 Å². The van der Waals surface area contributed by atoms with Gasteiger partial charge in [-0.3, -0.25) is 4.79 Å². The zero-order chi connectivity index (χ0) is 22.5. The third-order valence-electron chi connectivity index (χ3n) is 5.42. The second-order valence-electron chi connectivity index (χ2n) is 8.14. The fraction of sp³-hybridized carbons (Fsp3) is 0.833. The van der Waals surface area contributed by atoms with Crippen LogP contribution in [0.3, 0.4) is 0 Å². The monoisotopic (exact) mass is 450 g/mol. The van der Waals surface area contributed by atoms with Gasteiger partial charge in [0.1, 0.15) is 0 Å². The van der Waals surface area contributed by atoms with Gasteiger partial charge < -0.3 is 20.0 Å². The molecular weight excluding hydrogens is 403 g/mol. The summed E-state index contributed by atoms with van der Waals surface area (Å²) in [6.45, 7) is 2.70. The number of aliphatic hydroxyl groups is 1. The third kappa shape index (κ3) is 21.1. The van der Waals surface area contributed by atoms with Gasteiger partial charge in [-0.15, -0.1) is 0 Å². The second-order valence-corrected chi connectivity index (χ2v) is 8.14. The van der Waals surface area contributed by atoms with Gasteiger partial charge in [0.15, 0.2) is 0 Å². The number of aliphatic hydroxyl groups excluding tert-OH is 1. The van der Waals surface area contributed by atoms with Crippen molar-refractivity contribution in [3.05, 3.63) is 12.2 Å². The van der Waals surface area contributed by atoms with E-state index in [-0.39, 0.29) is 55.2 Å². The van der Waals surface area contributed by atoms with Crippen LogP contribution < -0.4 is 0 Å². The molecular formula is C24H47N2NaO4. The Morgan fingerprint density at radius 3 is 1.81 bits per heavy atom. The normalized spacial score (nSPS) is 10.8. The van der Waals surface area contributed by atoms with Crippen LogP contribution in [-0.4, -0.2) is 94.9 Å². The van der Waals surface area contributed by atoms with Crippen molar-refractivity contribution in [1.29, 1.82) is 0 Å². The van der Waals surface area contributed by atoms with Gasteiger partial charge in [-0.1, -0.05) is 70.4 Å². The standard InChI is InChI=1S/C24H46N2O4.Na.H/c1-3-4-5-6-7-8-9-10-11-12-13-14-15-16-17-18-23(28)25(2)19-20-26(21-22-27)24(29)30;;/h10-11,27H,3-9,12-22H2,1-2H3,(H,29,30);;/b11-10-;;. The predicted octanol–water partition coefficient (Wildman–Crippen LogP) is 4.81. The molecule has 0 rings (SSSR count).